The number of carbonyl (C=O) groups excluding carboxylic acids is 2. The van der Waals surface area contributed by atoms with Gasteiger partial charge in [0.1, 0.15) is 0 Å². The van der Waals surface area contributed by atoms with Crippen molar-refractivity contribution in [2.45, 2.75) is 13.0 Å². The molecule has 2 aromatic carbocycles. The maximum Gasteiger partial charge on any atom is 0.289 e. The smallest absolute Gasteiger partial charge is 0.289 e. The van der Waals surface area contributed by atoms with Crippen molar-refractivity contribution in [3.63, 3.8) is 0 Å². The van der Waals surface area contributed by atoms with Gasteiger partial charge in [-0.2, -0.15) is 0 Å². The summed E-state index contributed by atoms with van der Waals surface area (Å²) in [6.07, 6.45) is 1.50. The third kappa shape index (κ3) is 4.32. The van der Waals surface area contributed by atoms with Crippen molar-refractivity contribution >= 4 is 22.6 Å². The Balaban J connectivity index is 1.30. The predicted molar refractivity (Wildman–Crippen MR) is 112 cm³/mol. The molecule has 0 bridgehead atoms. The maximum atomic E-state index is 12.6. The summed E-state index contributed by atoms with van der Waals surface area (Å²) in [7, 11) is 0. The molecule has 3 aromatic rings. The Bertz CT molecular complexity index is 986. The topological polar surface area (TPSA) is 65.8 Å². The Morgan fingerprint density at radius 1 is 1.00 bits per heavy atom. The minimum Gasteiger partial charge on any atom is -0.459 e. The summed E-state index contributed by atoms with van der Waals surface area (Å²) in [6.45, 7) is 4.86. The lowest BCUT2D eigenvalue weighted by Gasteiger charge is -2.34. The highest BCUT2D eigenvalue weighted by Crippen LogP contribution is 2.24. The van der Waals surface area contributed by atoms with Crippen molar-refractivity contribution in [1.82, 2.24) is 15.1 Å². The zero-order chi connectivity index (χ0) is 20.2. The van der Waals surface area contributed by atoms with Gasteiger partial charge in [-0.1, -0.05) is 42.5 Å². The Hall–Kier alpha value is -3.12. The van der Waals surface area contributed by atoms with Crippen LogP contribution in [-0.4, -0.2) is 54.3 Å². The quantitative estimate of drug-likeness (QED) is 0.726. The number of amides is 2. The summed E-state index contributed by atoms with van der Waals surface area (Å²) < 4.78 is 5.19. The molecular weight excluding hydrogens is 366 g/mol. The second-order valence-corrected chi connectivity index (χ2v) is 7.40. The molecule has 0 unspecified atom stereocenters. The third-order valence-corrected chi connectivity index (χ3v) is 5.43. The van der Waals surface area contributed by atoms with E-state index in [0.717, 1.165) is 10.9 Å². The first-order chi connectivity index (χ1) is 14.1. The molecule has 29 heavy (non-hydrogen) atoms. The number of benzene rings is 2. The number of nitrogens with one attached hydrogen (secondary N) is 1. The van der Waals surface area contributed by atoms with Gasteiger partial charge >= 0.3 is 0 Å². The molecule has 2 amide bonds. The molecule has 1 aliphatic heterocycles. The SMILES string of the molecule is C[C@@H](NC(=O)CN1CCN(C(=O)c2ccco2)CC1)c1cccc2ccccc12. The first-order valence-corrected chi connectivity index (χ1v) is 9.94. The molecule has 4 rings (SSSR count). The van der Waals surface area contributed by atoms with Crippen molar-refractivity contribution < 1.29 is 14.0 Å². The molecule has 1 saturated heterocycles. The first kappa shape index (κ1) is 19.2. The van der Waals surface area contributed by atoms with E-state index in [2.05, 4.69) is 34.5 Å². The van der Waals surface area contributed by atoms with Crippen LogP contribution in [0.1, 0.15) is 29.1 Å². The summed E-state index contributed by atoms with van der Waals surface area (Å²) in [5.41, 5.74) is 1.12. The highest BCUT2D eigenvalue weighted by atomic mass is 16.3. The fourth-order valence-electron chi connectivity index (χ4n) is 3.86. The second kappa shape index (κ2) is 8.49. The Kier molecular flexibility index (Phi) is 5.62. The van der Waals surface area contributed by atoms with Gasteiger partial charge in [-0.15, -0.1) is 0 Å². The van der Waals surface area contributed by atoms with Gasteiger partial charge < -0.3 is 14.6 Å². The van der Waals surface area contributed by atoms with E-state index in [1.54, 1.807) is 17.0 Å². The first-order valence-electron chi connectivity index (χ1n) is 9.94. The molecule has 1 aliphatic rings. The molecule has 6 nitrogen and oxygen atoms in total. The van der Waals surface area contributed by atoms with Crippen molar-refractivity contribution in [2.24, 2.45) is 0 Å². The molecule has 1 N–H and O–H groups in total. The molecule has 0 aliphatic carbocycles. The molecule has 0 spiro atoms. The number of rotatable bonds is 5. The molecule has 150 valence electrons. The molecule has 1 fully saturated rings. The van der Waals surface area contributed by atoms with E-state index in [-0.39, 0.29) is 17.9 Å². The van der Waals surface area contributed by atoms with Crippen molar-refractivity contribution in [3.8, 4) is 0 Å². The van der Waals surface area contributed by atoms with E-state index in [9.17, 15) is 9.59 Å². The normalized spacial score (nSPS) is 16.0. The van der Waals surface area contributed by atoms with Crippen LogP contribution in [0.15, 0.2) is 65.3 Å². The number of piperazine rings is 1. The van der Waals surface area contributed by atoms with Crippen LogP contribution in [0.3, 0.4) is 0 Å². The number of fused-ring (bicyclic) bond motifs is 1. The van der Waals surface area contributed by atoms with Gasteiger partial charge in [0.05, 0.1) is 18.8 Å². The number of hydrogen-bond acceptors (Lipinski definition) is 4. The summed E-state index contributed by atoms with van der Waals surface area (Å²) >= 11 is 0. The number of nitrogens with zero attached hydrogens (tertiary/aromatic N) is 2. The zero-order valence-corrected chi connectivity index (χ0v) is 16.5. The van der Waals surface area contributed by atoms with E-state index in [1.807, 2.05) is 25.1 Å². The van der Waals surface area contributed by atoms with Crippen LogP contribution in [0.5, 0.6) is 0 Å². The van der Waals surface area contributed by atoms with Crippen LogP contribution in [0, 0.1) is 0 Å². The summed E-state index contributed by atoms with van der Waals surface area (Å²) in [5.74, 6) is 0.264. The van der Waals surface area contributed by atoms with E-state index in [1.165, 1.54) is 11.6 Å². The average molecular weight is 391 g/mol. The van der Waals surface area contributed by atoms with Crippen LogP contribution in [0.2, 0.25) is 0 Å². The summed E-state index contributed by atoms with van der Waals surface area (Å²) in [5, 5.41) is 5.45. The lowest BCUT2D eigenvalue weighted by Crippen LogP contribution is -2.51. The van der Waals surface area contributed by atoms with Crippen molar-refractivity contribution in [3.05, 3.63) is 72.2 Å². The fourth-order valence-corrected chi connectivity index (χ4v) is 3.86. The summed E-state index contributed by atoms with van der Waals surface area (Å²) in [6, 6.07) is 17.7. The summed E-state index contributed by atoms with van der Waals surface area (Å²) in [4.78, 5) is 28.8. The highest BCUT2D eigenvalue weighted by molar-refractivity contribution is 5.91. The molecular formula is C23H25N3O3. The molecule has 0 saturated carbocycles. The highest BCUT2D eigenvalue weighted by Gasteiger charge is 2.25. The van der Waals surface area contributed by atoms with E-state index < -0.39 is 0 Å². The fraction of sp³-hybridized carbons (Fsp3) is 0.304. The van der Waals surface area contributed by atoms with Gasteiger partial charge in [-0.05, 0) is 35.4 Å². The average Bonchev–Trinajstić information content (AvgIpc) is 3.28. The van der Waals surface area contributed by atoms with Crippen LogP contribution >= 0.6 is 0 Å². The number of carbonyl (C=O) groups is 2. The Morgan fingerprint density at radius 2 is 1.76 bits per heavy atom. The van der Waals surface area contributed by atoms with Crippen LogP contribution in [-0.2, 0) is 4.79 Å². The van der Waals surface area contributed by atoms with Gasteiger partial charge in [0.2, 0.25) is 5.91 Å². The third-order valence-electron chi connectivity index (χ3n) is 5.43. The predicted octanol–water partition coefficient (Wildman–Crippen LogP) is 3.07. The standard InChI is InChI=1S/C23H25N3O3/c1-17(19-9-4-7-18-6-2-3-8-20(18)19)24-22(27)16-25-11-13-26(14-12-25)23(28)21-10-5-15-29-21/h2-10,15,17H,11-14,16H2,1H3,(H,24,27)/t17-/m1/s1. The molecule has 0 radical (unpaired) electrons. The zero-order valence-electron chi connectivity index (χ0n) is 16.5. The van der Waals surface area contributed by atoms with Gasteiger partial charge in [0.15, 0.2) is 5.76 Å². The molecule has 2 heterocycles. The lowest BCUT2D eigenvalue weighted by atomic mass is 10.00. The molecule has 1 aromatic heterocycles. The lowest BCUT2D eigenvalue weighted by molar-refractivity contribution is -0.123. The monoisotopic (exact) mass is 391 g/mol. The van der Waals surface area contributed by atoms with Gasteiger partial charge in [0.25, 0.3) is 5.91 Å². The van der Waals surface area contributed by atoms with Crippen LogP contribution in [0.4, 0.5) is 0 Å². The molecule has 1 atom stereocenters. The largest absolute Gasteiger partial charge is 0.459 e. The van der Waals surface area contributed by atoms with Crippen LogP contribution in [0.25, 0.3) is 10.8 Å². The van der Waals surface area contributed by atoms with E-state index >= 15 is 0 Å². The second-order valence-electron chi connectivity index (χ2n) is 7.40. The minimum atomic E-state index is -0.0938. The van der Waals surface area contributed by atoms with E-state index in [0.29, 0.717) is 38.5 Å². The number of furan rings is 1. The maximum absolute atomic E-state index is 12.6. The minimum absolute atomic E-state index is 0.00348. The van der Waals surface area contributed by atoms with E-state index in [4.69, 9.17) is 4.42 Å². The Morgan fingerprint density at radius 3 is 2.52 bits per heavy atom. The molecule has 6 heteroatoms. The number of hydrogen-bond donors (Lipinski definition) is 1. The van der Waals surface area contributed by atoms with Gasteiger partial charge in [0, 0.05) is 26.2 Å². The Labute approximate surface area is 170 Å². The van der Waals surface area contributed by atoms with Crippen molar-refractivity contribution in [1.29, 1.82) is 0 Å². The van der Waals surface area contributed by atoms with Gasteiger partial charge in [-0.25, -0.2) is 0 Å². The van der Waals surface area contributed by atoms with Crippen LogP contribution < -0.4 is 5.32 Å². The van der Waals surface area contributed by atoms with Gasteiger partial charge in [-0.3, -0.25) is 14.5 Å². The van der Waals surface area contributed by atoms with Crippen molar-refractivity contribution in [2.75, 3.05) is 32.7 Å².